The summed E-state index contributed by atoms with van der Waals surface area (Å²) in [5, 5.41) is 1.99. The van der Waals surface area contributed by atoms with Crippen LogP contribution in [0.25, 0.3) is 0 Å². The van der Waals surface area contributed by atoms with Gasteiger partial charge in [0.25, 0.3) is 0 Å². The molecule has 6 nitrogen and oxygen atoms in total. The summed E-state index contributed by atoms with van der Waals surface area (Å²) in [6, 6.07) is 8.01. The average molecular weight is 461 g/mol. The maximum Gasteiger partial charge on any atom is 0.244 e. The summed E-state index contributed by atoms with van der Waals surface area (Å²) in [6.45, 7) is 0.860. The largest absolute Gasteiger partial charge is 0.340 e. The number of sulfonamides is 1. The lowest BCUT2D eigenvalue weighted by Gasteiger charge is -2.34. The van der Waals surface area contributed by atoms with Gasteiger partial charge in [-0.05, 0) is 23.6 Å². The second-order valence-electron chi connectivity index (χ2n) is 6.24. The molecule has 1 aromatic heterocycles. The highest BCUT2D eigenvalue weighted by molar-refractivity contribution is 7.89. The van der Waals surface area contributed by atoms with E-state index in [-0.39, 0.29) is 65.7 Å². The number of carbonyl (C=O) groups is 2. The highest BCUT2D eigenvalue weighted by atomic mass is 35.5. The molecule has 1 saturated heterocycles. The topological polar surface area (TPSA) is 74.8 Å². The average Bonchev–Trinajstić information content (AvgIpc) is 3.23. The summed E-state index contributed by atoms with van der Waals surface area (Å²) >= 11 is 13.3. The number of amides is 1. The SMILES string of the molecule is O=C(CCC(=O)N1CCN(S(=O)(=O)c2cccc(Cl)c2Cl)CC1)c1cccs1. The Kier molecular flexibility index (Phi) is 6.77. The maximum atomic E-state index is 12.8. The van der Waals surface area contributed by atoms with E-state index in [1.54, 1.807) is 17.0 Å². The molecule has 0 spiro atoms. The first-order chi connectivity index (χ1) is 13.3. The van der Waals surface area contributed by atoms with Crippen LogP contribution in [0.3, 0.4) is 0 Å². The lowest BCUT2D eigenvalue weighted by Crippen LogP contribution is -2.50. The smallest absolute Gasteiger partial charge is 0.244 e. The van der Waals surface area contributed by atoms with Gasteiger partial charge >= 0.3 is 0 Å². The van der Waals surface area contributed by atoms with Crippen molar-refractivity contribution >= 4 is 56.3 Å². The lowest BCUT2D eigenvalue weighted by atomic mass is 10.1. The van der Waals surface area contributed by atoms with Crippen molar-refractivity contribution in [2.24, 2.45) is 0 Å². The first-order valence-electron chi connectivity index (χ1n) is 8.59. The molecule has 0 aliphatic carbocycles. The molecule has 1 aromatic carbocycles. The molecule has 1 fully saturated rings. The third-order valence-electron chi connectivity index (χ3n) is 4.49. The Morgan fingerprint density at radius 1 is 1.00 bits per heavy atom. The quantitative estimate of drug-likeness (QED) is 0.617. The fourth-order valence-electron chi connectivity index (χ4n) is 2.94. The van der Waals surface area contributed by atoms with Crippen LogP contribution in [0, 0.1) is 0 Å². The van der Waals surface area contributed by atoms with Gasteiger partial charge in [0.05, 0.1) is 14.9 Å². The van der Waals surface area contributed by atoms with Gasteiger partial charge in [-0.2, -0.15) is 4.31 Å². The molecule has 0 atom stereocenters. The van der Waals surface area contributed by atoms with Crippen molar-refractivity contribution in [2.75, 3.05) is 26.2 Å². The molecule has 1 aliphatic rings. The van der Waals surface area contributed by atoms with Gasteiger partial charge in [-0.3, -0.25) is 9.59 Å². The van der Waals surface area contributed by atoms with E-state index in [9.17, 15) is 18.0 Å². The maximum absolute atomic E-state index is 12.8. The number of carbonyl (C=O) groups excluding carboxylic acids is 2. The van der Waals surface area contributed by atoms with Crippen LogP contribution in [0.5, 0.6) is 0 Å². The van der Waals surface area contributed by atoms with Gasteiger partial charge in [0.15, 0.2) is 5.78 Å². The molecule has 150 valence electrons. The lowest BCUT2D eigenvalue weighted by molar-refractivity contribution is -0.132. The molecule has 28 heavy (non-hydrogen) atoms. The Balaban J connectivity index is 1.57. The summed E-state index contributed by atoms with van der Waals surface area (Å²) < 4.78 is 26.9. The van der Waals surface area contributed by atoms with Gasteiger partial charge in [-0.1, -0.05) is 35.3 Å². The molecule has 0 saturated carbocycles. The third kappa shape index (κ3) is 4.58. The zero-order chi connectivity index (χ0) is 20.3. The molecule has 10 heteroatoms. The highest BCUT2D eigenvalue weighted by Gasteiger charge is 2.32. The number of ketones is 1. The van der Waals surface area contributed by atoms with Crippen LogP contribution in [-0.2, 0) is 14.8 Å². The number of halogens is 2. The van der Waals surface area contributed by atoms with Gasteiger partial charge < -0.3 is 4.90 Å². The van der Waals surface area contributed by atoms with E-state index in [4.69, 9.17) is 23.2 Å². The summed E-state index contributed by atoms with van der Waals surface area (Å²) in [7, 11) is -3.79. The summed E-state index contributed by atoms with van der Waals surface area (Å²) in [5.74, 6) is -0.206. The van der Waals surface area contributed by atoms with E-state index in [1.165, 1.54) is 33.8 Å². The van der Waals surface area contributed by atoms with Crippen LogP contribution in [0.15, 0.2) is 40.6 Å². The van der Waals surface area contributed by atoms with Crippen LogP contribution in [0.1, 0.15) is 22.5 Å². The predicted octanol–water partition coefficient (Wildman–Crippen LogP) is 3.55. The number of rotatable bonds is 6. The van der Waals surface area contributed by atoms with Crippen molar-refractivity contribution in [3.8, 4) is 0 Å². The number of hydrogen-bond acceptors (Lipinski definition) is 5. The van der Waals surface area contributed by atoms with Gasteiger partial charge in [-0.25, -0.2) is 8.42 Å². The van der Waals surface area contributed by atoms with Gasteiger partial charge in [0.1, 0.15) is 4.90 Å². The van der Waals surface area contributed by atoms with Crippen molar-refractivity contribution in [3.05, 3.63) is 50.6 Å². The van der Waals surface area contributed by atoms with Gasteiger partial charge in [-0.15, -0.1) is 11.3 Å². The number of nitrogens with zero attached hydrogens (tertiary/aromatic N) is 2. The Hall–Kier alpha value is -1.45. The Morgan fingerprint density at radius 3 is 2.36 bits per heavy atom. The standard InChI is InChI=1S/C18H18Cl2N2O4S2/c19-13-3-1-5-16(18(13)20)28(25,26)22-10-8-21(9-11-22)17(24)7-6-14(23)15-4-2-12-27-15/h1-5,12H,6-11H2. The fourth-order valence-corrected chi connectivity index (χ4v) is 5.79. The van der Waals surface area contributed by atoms with Crippen molar-refractivity contribution in [3.63, 3.8) is 0 Å². The van der Waals surface area contributed by atoms with Crippen molar-refractivity contribution in [2.45, 2.75) is 17.7 Å². The normalized spacial score (nSPS) is 15.6. The molecule has 0 N–H and O–H groups in total. The van der Waals surface area contributed by atoms with Gasteiger partial charge in [0, 0.05) is 39.0 Å². The van der Waals surface area contributed by atoms with Crippen molar-refractivity contribution < 1.29 is 18.0 Å². The molecule has 1 amide bonds. The Bertz CT molecular complexity index is 969. The van der Waals surface area contributed by atoms with E-state index < -0.39 is 10.0 Å². The summed E-state index contributed by atoms with van der Waals surface area (Å²) in [4.78, 5) is 26.6. The molecule has 3 rings (SSSR count). The highest BCUT2D eigenvalue weighted by Crippen LogP contribution is 2.31. The van der Waals surface area contributed by atoms with Crippen LogP contribution < -0.4 is 0 Å². The molecule has 0 bridgehead atoms. The van der Waals surface area contributed by atoms with Crippen molar-refractivity contribution in [1.82, 2.24) is 9.21 Å². The fraction of sp³-hybridized carbons (Fsp3) is 0.333. The third-order valence-corrected chi connectivity index (χ3v) is 8.27. The molecular weight excluding hydrogens is 443 g/mol. The molecule has 1 aliphatic heterocycles. The molecule has 0 unspecified atom stereocenters. The number of benzene rings is 1. The minimum absolute atomic E-state index is 0.00485. The van der Waals surface area contributed by atoms with E-state index in [1.807, 2.05) is 5.38 Å². The number of thiophene rings is 1. The number of piperazine rings is 1. The number of hydrogen-bond donors (Lipinski definition) is 0. The zero-order valence-corrected chi connectivity index (χ0v) is 18.0. The Labute approximate surface area is 177 Å². The number of Topliss-reactive ketones (excluding diaryl/α,β-unsaturated/α-hetero) is 1. The van der Waals surface area contributed by atoms with E-state index in [2.05, 4.69) is 0 Å². The van der Waals surface area contributed by atoms with Crippen LogP contribution in [0.4, 0.5) is 0 Å². The molecular formula is C18H18Cl2N2O4S2. The Morgan fingerprint density at radius 2 is 1.71 bits per heavy atom. The zero-order valence-electron chi connectivity index (χ0n) is 14.8. The van der Waals surface area contributed by atoms with Crippen LogP contribution >= 0.6 is 34.5 Å². The van der Waals surface area contributed by atoms with E-state index >= 15 is 0 Å². The molecule has 2 aromatic rings. The summed E-state index contributed by atoms with van der Waals surface area (Å²) in [5.41, 5.74) is 0. The monoisotopic (exact) mass is 460 g/mol. The van der Waals surface area contributed by atoms with Crippen LogP contribution in [-0.4, -0.2) is 55.5 Å². The second kappa shape index (κ2) is 8.92. The first-order valence-corrected chi connectivity index (χ1v) is 11.7. The second-order valence-corrected chi connectivity index (χ2v) is 9.88. The first kappa shape index (κ1) is 21.3. The molecule has 2 heterocycles. The van der Waals surface area contributed by atoms with E-state index in [0.29, 0.717) is 4.88 Å². The minimum Gasteiger partial charge on any atom is -0.340 e. The summed E-state index contributed by atoms with van der Waals surface area (Å²) in [6.07, 6.45) is 0.263. The van der Waals surface area contributed by atoms with Crippen molar-refractivity contribution in [1.29, 1.82) is 0 Å². The van der Waals surface area contributed by atoms with E-state index in [0.717, 1.165) is 0 Å². The van der Waals surface area contributed by atoms with Gasteiger partial charge in [0.2, 0.25) is 15.9 Å². The minimum atomic E-state index is -3.79. The molecule has 0 radical (unpaired) electrons. The van der Waals surface area contributed by atoms with Crippen LogP contribution in [0.2, 0.25) is 10.0 Å². The predicted molar refractivity (Wildman–Crippen MR) is 110 cm³/mol.